The van der Waals surface area contributed by atoms with Crippen LogP contribution < -0.4 is 4.72 Å². The molecule has 3 aromatic carbocycles. The lowest BCUT2D eigenvalue weighted by Crippen LogP contribution is -2.33. The van der Waals surface area contributed by atoms with E-state index in [-0.39, 0.29) is 11.1 Å². The Morgan fingerprint density at radius 2 is 1.69 bits per heavy atom. The van der Waals surface area contributed by atoms with Gasteiger partial charge in [-0.2, -0.15) is 0 Å². The average Bonchev–Trinajstić information content (AvgIpc) is 2.64. The first kappa shape index (κ1) is 16.3. The Morgan fingerprint density at radius 1 is 0.962 bits per heavy atom. The number of allylic oxidation sites excluding steroid dienone is 1. The number of rotatable bonds is 2. The standard InChI is InChI=1S/C19H12FNO4S/c20-14-7-8-15-16(10-14)26(24,25)21-17(19(15)23)18(22)13-6-5-11-3-1-2-4-12(11)9-13/h1-10,21,23H. The van der Waals surface area contributed by atoms with Crippen LogP contribution in [-0.2, 0) is 10.0 Å². The van der Waals surface area contributed by atoms with Crippen molar-refractivity contribution in [1.29, 1.82) is 0 Å². The topological polar surface area (TPSA) is 83.5 Å². The molecule has 0 unspecified atom stereocenters. The van der Waals surface area contributed by atoms with Crippen LogP contribution in [0.1, 0.15) is 15.9 Å². The van der Waals surface area contributed by atoms with Crippen LogP contribution in [0.2, 0.25) is 0 Å². The largest absolute Gasteiger partial charge is 0.505 e. The van der Waals surface area contributed by atoms with Crippen LogP contribution in [-0.4, -0.2) is 19.3 Å². The number of sulfonamides is 1. The van der Waals surface area contributed by atoms with E-state index >= 15 is 0 Å². The van der Waals surface area contributed by atoms with E-state index in [0.29, 0.717) is 0 Å². The van der Waals surface area contributed by atoms with Crippen LogP contribution in [0.4, 0.5) is 4.39 Å². The molecule has 1 aliphatic heterocycles. The van der Waals surface area contributed by atoms with Gasteiger partial charge < -0.3 is 5.11 Å². The fourth-order valence-electron chi connectivity index (χ4n) is 2.92. The Hall–Kier alpha value is -3.19. The predicted molar refractivity (Wildman–Crippen MR) is 94.5 cm³/mol. The Labute approximate surface area is 148 Å². The van der Waals surface area contributed by atoms with Crippen molar-refractivity contribution in [1.82, 2.24) is 4.72 Å². The van der Waals surface area contributed by atoms with Crippen molar-refractivity contribution in [2.45, 2.75) is 4.90 Å². The first-order valence-electron chi connectivity index (χ1n) is 7.66. The quantitative estimate of drug-likeness (QED) is 0.679. The SMILES string of the molecule is O=C(C1=C(O)c2ccc(F)cc2S(=O)(=O)N1)c1ccc2ccccc2c1. The van der Waals surface area contributed by atoms with Gasteiger partial charge in [0.15, 0.2) is 5.76 Å². The summed E-state index contributed by atoms with van der Waals surface area (Å²) in [7, 11) is -4.17. The highest BCUT2D eigenvalue weighted by Gasteiger charge is 2.33. The normalized spacial score (nSPS) is 15.4. The second-order valence-electron chi connectivity index (χ2n) is 5.86. The molecule has 0 bridgehead atoms. The number of ketones is 1. The van der Waals surface area contributed by atoms with Gasteiger partial charge in [0.05, 0.1) is 0 Å². The minimum atomic E-state index is -4.17. The summed E-state index contributed by atoms with van der Waals surface area (Å²) in [6, 6.07) is 15.3. The van der Waals surface area contributed by atoms with Crippen molar-refractivity contribution in [3.63, 3.8) is 0 Å². The molecule has 3 aromatic rings. The van der Waals surface area contributed by atoms with Gasteiger partial charge in [0, 0.05) is 11.1 Å². The molecule has 7 heteroatoms. The van der Waals surface area contributed by atoms with Gasteiger partial charge in [0.25, 0.3) is 10.0 Å². The molecular formula is C19H12FNO4S. The van der Waals surface area contributed by atoms with Gasteiger partial charge in [-0.3, -0.25) is 9.52 Å². The molecule has 4 rings (SSSR count). The maximum atomic E-state index is 13.4. The van der Waals surface area contributed by atoms with Crippen molar-refractivity contribution in [2.75, 3.05) is 0 Å². The number of Topliss-reactive ketones (excluding diaryl/α,β-unsaturated/α-hetero) is 1. The molecule has 0 amide bonds. The van der Waals surface area contributed by atoms with E-state index in [1.54, 1.807) is 18.2 Å². The summed E-state index contributed by atoms with van der Waals surface area (Å²) in [5.74, 6) is -1.97. The van der Waals surface area contributed by atoms with E-state index in [1.807, 2.05) is 24.3 Å². The second-order valence-corrected chi connectivity index (χ2v) is 7.51. The molecular weight excluding hydrogens is 357 g/mol. The molecule has 0 saturated carbocycles. The summed E-state index contributed by atoms with van der Waals surface area (Å²) in [6.07, 6.45) is 0. The zero-order valence-corrected chi connectivity index (χ0v) is 14.0. The molecule has 0 aromatic heterocycles. The van der Waals surface area contributed by atoms with E-state index in [2.05, 4.69) is 4.72 Å². The number of halogens is 1. The molecule has 130 valence electrons. The van der Waals surface area contributed by atoms with Crippen molar-refractivity contribution in [2.24, 2.45) is 0 Å². The monoisotopic (exact) mass is 369 g/mol. The molecule has 0 spiro atoms. The van der Waals surface area contributed by atoms with Crippen molar-refractivity contribution in [3.05, 3.63) is 83.3 Å². The predicted octanol–water partition coefficient (Wildman–Crippen LogP) is 3.38. The van der Waals surface area contributed by atoms with Crippen LogP contribution >= 0.6 is 0 Å². The third kappa shape index (κ3) is 2.53. The molecule has 0 radical (unpaired) electrons. The first-order chi connectivity index (χ1) is 12.4. The summed E-state index contributed by atoms with van der Waals surface area (Å²) in [5.41, 5.74) is -0.354. The number of hydrogen-bond acceptors (Lipinski definition) is 4. The van der Waals surface area contributed by atoms with Crippen LogP contribution in [0, 0.1) is 5.82 Å². The first-order valence-corrected chi connectivity index (χ1v) is 9.14. The zero-order chi connectivity index (χ0) is 18.5. The fraction of sp³-hybridized carbons (Fsp3) is 0. The Morgan fingerprint density at radius 3 is 2.46 bits per heavy atom. The summed E-state index contributed by atoms with van der Waals surface area (Å²) in [4.78, 5) is 12.4. The summed E-state index contributed by atoms with van der Waals surface area (Å²) in [6.45, 7) is 0. The van der Waals surface area contributed by atoms with Crippen molar-refractivity contribution < 1.29 is 22.7 Å². The lowest BCUT2D eigenvalue weighted by molar-refractivity contribution is 0.102. The van der Waals surface area contributed by atoms with Gasteiger partial charge in [-0.25, -0.2) is 12.8 Å². The van der Waals surface area contributed by atoms with E-state index in [9.17, 15) is 22.7 Å². The van der Waals surface area contributed by atoms with Crippen molar-refractivity contribution in [3.8, 4) is 0 Å². The molecule has 5 nitrogen and oxygen atoms in total. The highest BCUT2D eigenvalue weighted by molar-refractivity contribution is 7.89. The number of carbonyl (C=O) groups is 1. The number of carbonyl (C=O) groups excluding carboxylic acids is 1. The van der Waals surface area contributed by atoms with Crippen LogP contribution in [0.15, 0.2) is 71.3 Å². The Balaban J connectivity index is 1.87. The highest BCUT2D eigenvalue weighted by atomic mass is 32.2. The summed E-state index contributed by atoms with van der Waals surface area (Å²) in [5, 5.41) is 12.1. The minimum absolute atomic E-state index is 0.116. The van der Waals surface area contributed by atoms with Gasteiger partial charge in [-0.05, 0) is 35.0 Å². The second kappa shape index (κ2) is 5.67. The molecule has 0 fully saturated rings. The average molecular weight is 369 g/mol. The number of aliphatic hydroxyl groups excluding tert-OH is 1. The van der Waals surface area contributed by atoms with Gasteiger partial charge in [0.2, 0.25) is 5.78 Å². The van der Waals surface area contributed by atoms with Gasteiger partial charge in [-0.15, -0.1) is 0 Å². The number of nitrogens with one attached hydrogen (secondary N) is 1. The third-order valence-corrected chi connectivity index (χ3v) is 5.59. The highest BCUT2D eigenvalue weighted by Crippen LogP contribution is 2.31. The fourth-order valence-corrected chi connectivity index (χ4v) is 4.21. The molecule has 2 N–H and O–H groups in total. The molecule has 0 aliphatic carbocycles. The molecule has 26 heavy (non-hydrogen) atoms. The van der Waals surface area contributed by atoms with Crippen LogP contribution in [0.3, 0.4) is 0 Å². The molecule has 0 atom stereocenters. The van der Waals surface area contributed by atoms with Crippen LogP contribution in [0.5, 0.6) is 0 Å². The number of aliphatic hydroxyl groups is 1. The maximum absolute atomic E-state index is 13.4. The van der Waals surface area contributed by atoms with Gasteiger partial charge >= 0.3 is 0 Å². The third-order valence-electron chi connectivity index (χ3n) is 4.20. The Bertz CT molecular complexity index is 1220. The number of fused-ring (bicyclic) bond motifs is 2. The zero-order valence-electron chi connectivity index (χ0n) is 13.2. The molecule has 1 heterocycles. The maximum Gasteiger partial charge on any atom is 0.262 e. The van der Waals surface area contributed by atoms with Crippen molar-refractivity contribution >= 4 is 32.3 Å². The minimum Gasteiger partial charge on any atom is -0.505 e. The van der Waals surface area contributed by atoms with E-state index in [4.69, 9.17) is 0 Å². The van der Waals surface area contributed by atoms with Crippen LogP contribution in [0.25, 0.3) is 16.5 Å². The van der Waals surface area contributed by atoms with Gasteiger partial charge in [0.1, 0.15) is 16.4 Å². The molecule has 0 saturated heterocycles. The molecule has 1 aliphatic rings. The smallest absolute Gasteiger partial charge is 0.262 e. The summed E-state index contributed by atoms with van der Waals surface area (Å²) >= 11 is 0. The van der Waals surface area contributed by atoms with E-state index in [1.165, 1.54) is 0 Å². The Kier molecular flexibility index (Phi) is 3.55. The van der Waals surface area contributed by atoms with E-state index in [0.717, 1.165) is 29.0 Å². The lowest BCUT2D eigenvalue weighted by atomic mass is 10.0. The summed E-state index contributed by atoms with van der Waals surface area (Å²) < 4.78 is 40.1. The number of hydrogen-bond donors (Lipinski definition) is 2. The lowest BCUT2D eigenvalue weighted by Gasteiger charge is -2.21. The number of benzene rings is 3. The van der Waals surface area contributed by atoms with E-state index < -0.39 is 38.0 Å². The van der Waals surface area contributed by atoms with Gasteiger partial charge in [-0.1, -0.05) is 36.4 Å².